The molecule has 4 bridgehead atoms. The van der Waals surface area contributed by atoms with E-state index >= 15 is 0 Å². The molecule has 7 aliphatic rings. The molecular weight excluding hydrogens is 540 g/mol. The summed E-state index contributed by atoms with van der Waals surface area (Å²) in [5, 5.41) is 3.54. The van der Waals surface area contributed by atoms with Crippen LogP contribution in [0.4, 0.5) is 4.79 Å². The van der Waals surface area contributed by atoms with E-state index in [4.69, 9.17) is 0 Å². The fourth-order valence-corrected chi connectivity index (χ4v) is 10.5. The number of benzene rings is 1. The number of rotatable bonds is 3. The summed E-state index contributed by atoms with van der Waals surface area (Å²) in [6, 6.07) is 7.11. The summed E-state index contributed by atoms with van der Waals surface area (Å²) in [5.74, 6) is 3.85. The summed E-state index contributed by atoms with van der Waals surface area (Å²) in [4.78, 5) is 33.2. The highest BCUT2D eigenvalue weighted by molar-refractivity contribution is 9.10. The largest absolute Gasteiger partial charge is 0.340 e. The third-order valence-corrected chi connectivity index (χ3v) is 12.1. The van der Waals surface area contributed by atoms with Crippen LogP contribution in [-0.4, -0.2) is 79.0 Å². The number of likely N-dealkylation sites (N-methyl/N-ethyl adjacent to an activating group) is 1. The number of carbonyl (C=O) groups excluding carboxylic acids is 2. The highest BCUT2D eigenvalue weighted by Crippen LogP contribution is 2.56. The molecule has 1 aromatic carbocycles. The van der Waals surface area contributed by atoms with Gasteiger partial charge in [-0.15, -0.1) is 0 Å². The Bertz CT molecular complexity index is 1060. The third-order valence-electron chi connectivity index (χ3n) is 11.5. The monoisotopic (exact) mass is 582 g/mol. The molecule has 6 nitrogen and oxygen atoms in total. The summed E-state index contributed by atoms with van der Waals surface area (Å²) in [6.45, 7) is 5.21. The van der Waals surface area contributed by atoms with E-state index in [9.17, 15) is 9.59 Å². The van der Waals surface area contributed by atoms with Gasteiger partial charge in [0.15, 0.2) is 0 Å². The second-order valence-corrected chi connectivity index (χ2v) is 14.5. The average Bonchev–Trinajstić information content (AvgIpc) is 3.20. The van der Waals surface area contributed by atoms with Crippen LogP contribution in [0.25, 0.3) is 0 Å². The summed E-state index contributed by atoms with van der Waals surface area (Å²) < 4.78 is 1.18. The summed E-state index contributed by atoms with van der Waals surface area (Å²) in [7, 11) is 2.13. The Kier molecular flexibility index (Phi) is 6.54. The number of halogens is 1. The fraction of sp³-hybridized carbons (Fsp3) is 0.742. The SMILES string of the molecule is CN1CCN(C(=O)CC2CC3(CCN(C(=O)NC4C5CC6CC(C5)CC4C6)CC3)c3c(Br)cccc32)CC1. The zero-order valence-electron chi connectivity index (χ0n) is 22.8. The Morgan fingerprint density at radius 1 is 0.921 bits per heavy atom. The van der Waals surface area contributed by atoms with Crippen LogP contribution in [0.1, 0.15) is 74.8 Å². The molecule has 5 aliphatic carbocycles. The first-order valence-corrected chi connectivity index (χ1v) is 16.0. The van der Waals surface area contributed by atoms with Crippen molar-refractivity contribution in [2.75, 3.05) is 46.3 Å². The highest BCUT2D eigenvalue weighted by Gasteiger charge is 2.50. The Labute approximate surface area is 236 Å². The number of nitrogens with one attached hydrogen (secondary N) is 1. The number of hydrogen-bond donors (Lipinski definition) is 1. The number of likely N-dealkylation sites (tertiary alicyclic amines) is 1. The van der Waals surface area contributed by atoms with Crippen molar-refractivity contribution in [1.82, 2.24) is 20.0 Å². The van der Waals surface area contributed by atoms with Gasteiger partial charge < -0.3 is 20.0 Å². The van der Waals surface area contributed by atoms with Crippen molar-refractivity contribution in [3.8, 4) is 0 Å². The molecule has 0 aromatic heterocycles. The van der Waals surface area contributed by atoms with Gasteiger partial charge in [-0.25, -0.2) is 4.79 Å². The van der Waals surface area contributed by atoms with E-state index in [1.165, 1.54) is 47.7 Å². The van der Waals surface area contributed by atoms with Gasteiger partial charge in [-0.1, -0.05) is 28.1 Å². The number of piperidine rings is 1. The third kappa shape index (κ3) is 4.40. The first-order chi connectivity index (χ1) is 18.4. The van der Waals surface area contributed by atoms with E-state index in [1.807, 2.05) is 0 Å². The van der Waals surface area contributed by atoms with E-state index in [0.29, 0.717) is 30.2 Å². The summed E-state index contributed by atoms with van der Waals surface area (Å²) >= 11 is 3.89. The first kappa shape index (κ1) is 25.4. The van der Waals surface area contributed by atoms with Gasteiger partial charge in [0.05, 0.1) is 0 Å². The fourth-order valence-electron chi connectivity index (χ4n) is 9.69. The summed E-state index contributed by atoms with van der Waals surface area (Å²) in [5.41, 5.74) is 2.83. The molecule has 8 rings (SSSR count). The predicted molar refractivity (Wildman–Crippen MR) is 152 cm³/mol. The van der Waals surface area contributed by atoms with Gasteiger partial charge in [-0.05, 0) is 105 Å². The molecule has 1 N–H and O–H groups in total. The zero-order chi connectivity index (χ0) is 26.0. The van der Waals surface area contributed by atoms with E-state index in [2.05, 4.69) is 61.2 Å². The van der Waals surface area contributed by atoms with Crippen molar-refractivity contribution in [2.45, 2.75) is 75.2 Å². The lowest BCUT2D eigenvalue weighted by molar-refractivity contribution is -0.133. The quantitative estimate of drug-likeness (QED) is 0.547. The van der Waals surface area contributed by atoms with Crippen LogP contribution in [0.5, 0.6) is 0 Å². The van der Waals surface area contributed by atoms with Gasteiger partial charge in [0.1, 0.15) is 0 Å². The smallest absolute Gasteiger partial charge is 0.317 e. The van der Waals surface area contributed by atoms with Gasteiger partial charge in [0, 0.05) is 61.6 Å². The van der Waals surface area contributed by atoms with Gasteiger partial charge in [-0.3, -0.25) is 4.79 Å². The second-order valence-electron chi connectivity index (χ2n) is 13.7. The Morgan fingerprint density at radius 2 is 1.58 bits per heavy atom. The molecule has 1 unspecified atom stereocenters. The Balaban J connectivity index is 1.02. The van der Waals surface area contributed by atoms with Crippen LogP contribution >= 0.6 is 15.9 Å². The molecule has 38 heavy (non-hydrogen) atoms. The number of piperazine rings is 1. The Hall–Kier alpha value is -1.60. The molecule has 206 valence electrons. The van der Waals surface area contributed by atoms with Crippen LogP contribution in [0.3, 0.4) is 0 Å². The number of urea groups is 1. The normalized spacial score (nSPS) is 35.5. The van der Waals surface area contributed by atoms with Crippen molar-refractivity contribution in [2.24, 2.45) is 23.7 Å². The van der Waals surface area contributed by atoms with Crippen LogP contribution in [0.15, 0.2) is 22.7 Å². The zero-order valence-corrected chi connectivity index (χ0v) is 24.4. The number of nitrogens with zero attached hydrogens (tertiary/aromatic N) is 3. The maximum Gasteiger partial charge on any atom is 0.317 e. The minimum atomic E-state index is 0.0574. The molecule has 2 saturated heterocycles. The van der Waals surface area contributed by atoms with Gasteiger partial charge >= 0.3 is 6.03 Å². The first-order valence-electron chi connectivity index (χ1n) is 15.2. The molecule has 7 heteroatoms. The van der Waals surface area contributed by atoms with E-state index < -0.39 is 0 Å². The lowest BCUT2D eigenvalue weighted by Crippen LogP contribution is -2.59. The van der Waals surface area contributed by atoms with E-state index in [-0.39, 0.29) is 17.4 Å². The van der Waals surface area contributed by atoms with Crippen LogP contribution in [0.2, 0.25) is 0 Å². The standard InChI is InChI=1S/C31H43BrN4O2/c1-34-9-11-35(12-10-34)27(37)18-24-19-31(28-25(24)3-2-4-26(28)32)5-7-36(8-6-31)30(38)33-29-22-14-20-13-21(16-22)17-23(29)15-20/h2-4,20-24,29H,5-19H2,1H3,(H,33,38). The molecule has 1 spiro atoms. The lowest BCUT2D eigenvalue weighted by Gasteiger charge is -2.54. The number of hydrogen-bond acceptors (Lipinski definition) is 3. The van der Waals surface area contributed by atoms with Crippen LogP contribution < -0.4 is 5.32 Å². The molecule has 2 heterocycles. The maximum absolute atomic E-state index is 13.5. The van der Waals surface area contributed by atoms with Crippen molar-refractivity contribution in [3.05, 3.63) is 33.8 Å². The molecule has 1 aromatic rings. The molecule has 2 aliphatic heterocycles. The van der Waals surface area contributed by atoms with Crippen molar-refractivity contribution in [3.63, 3.8) is 0 Å². The molecule has 3 amide bonds. The molecule has 6 fully saturated rings. The summed E-state index contributed by atoms with van der Waals surface area (Å²) in [6.07, 6.45) is 10.4. The maximum atomic E-state index is 13.5. The van der Waals surface area contributed by atoms with Crippen LogP contribution in [0, 0.1) is 23.7 Å². The van der Waals surface area contributed by atoms with E-state index in [1.54, 1.807) is 0 Å². The van der Waals surface area contributed by atoms with Crippen molar-refractivity contribution >= 4 is 27.9 Å². The molecule has 0 radical (unpaired) electrons. The second kappa shape index (κ2) is 9.79. The number of carbonyl (C=O) groups is 2. The number of amides is 3. The van der Waals surface area contributed by atoms with Gasteiger partial charge in [0.2, 0.25) is 5.91 Å². The minimum Gasteiger partial charge on any atom is -0.340 e. The molecule has 4 saturated carbocycles. The van der Waals surface area contributed by atoms with Gasteiger partial charge in [-0.2, -0.15) is 0 Å². The molecular formula is C31H43BrN4O2. The average molecular weight is 584 g/mol. The van der Waals surface area contributed by atoms with Crippen molar-refractivity contribution in [1.29, 1.82) is 0 Å². The topological polar surface area (TPSA) is 55.9 Å². The highest BCUT2D eigenvalue weighted by atomic mass is 79.9. The molecule has 1 atom stereocenters. The lowest BCUT2D eigenvalue weighted by atomic mass is 9.54. The van der Waals surface area contributed by atoms with Gasteiger partial charge in [0.25, 0.3) is 0 Å². The Morgan fingerprint density at radius 3 is 2.24 bits per heavy atom. The van der Waals surface area contributed by atoms with E-state index in [0.717, 1.165) is 70.4 Å². The number of fused-ring (bicyclic) bond motifs is 2. The minimum absolute atomic E-state index is 0.0574. The van der Waals surface area contributed by atoms with Crippen LogP contribution in [-0.2, 0) is 10.2 Å². The predicted octanol–water partition coefficient (Wildman–Crippen LogP) is 4.97. The van der Waals surface area contributed by atoms with Crippen molar-refractivity contribution < 1.29 is 9.59 Å².